The van der Waals surface area contributed by atoms with E-state index in [0.29, 0.717) is 17.0 Å². The van der Waals surface area contributed by atoms with Crippen LogP contribution in [0.15, 0.2) is 48.8 Å². The maximum absolute atomic E-state index is 12.5. The molecule has 0 fully saturated rings. The first-order valence-corrected chi connectivity index (χ1v) is 8.26. The van der Waals surface area contributed by atoms with Gasteiger partial charge in [0.2, 0.25) is 5.95 Å². The number of aliphatic hydroxyl groups excluding tert-OH is 1. The molecule has 2 aromatic heterocycles. The number of nitrogens with zero attached hydrogens (tertiary/aromatic N) is 3. The first kappa shape index (κ1) is 18.1. The standard InChI is InChI=1S/C19H18N6O2/c1-12-8-22-19(23-11-20)25-17(12)14-7-15(21-9-14)18(27)24-16(10-26)13-5-3-2-4-6-13/h2-9,16,21,26H,10H2,1H3,(H,24,27)(H,22,23,25). The van der Waals surface area contributed by atoms with Crippen molar-refractivity contribution in [1.82, 2.24) is 20.3 Å². The summed E-state index contributed by atoms with van der Waals surface area (Å²) in [5.74, 6) is -0.152. The molecule has 4 N–H and O–H groups in total. The Morgan fingerprint density at radius 2 is 2.15 bits per heavy atom. The highest BCUT2D eigenvalue weighted by atomic mass is 16.3. The Bertz CT molecular complexity index is 977. The van der Waals surface area contributed by atoms with E-state index < -0.39 is 6.04 Å². The maximum atomic E-state index is 12.5. The molecule has 8 nitrogen and oxygen atoms in total. The zero-order chi connectivity index (χ0) is 19.2. The number of nitriles is 1. The van der Waals surface area contributed by atoms with Crippen LogP contribution in [-0.4, -0.2) is 32.6 Å². The van der Waals surface area contributed by atoms with Crippen LogP contribution in [0.25, 0.3) is 11.3 Å². The molecule has 0 aliphatic carbocycles. The van der Waals surface area contributed by atoms with Crippen molar-refractivity contribution in [2.75, 3.05) is 11.9 Å². The van der Waals surface area contributed by atoms with Gasteiger partial charge in [-0.3, -0.25) is 10.1 Å². The summed E-state index contributed by atoms with van der Waals surface area (Å²) in [7, 11) is 0. The number of H-pyrrole nitrogens is 1. The van der Waals surface area contributed by atoms with Crippen LogP contribution in [0.5, 0.6) is 0 Å². The van der Waals surface area contributed by atoms with E-state index in [-0.39, 0.29) is 18.5 Å². The third-order valence-electron chi connectivity index (χ3n) is 4.03. The number of aromatic amines is 1. The second kappa shape index (κ2) is 8.12. The highest BCUT2D eigenvalue weighted by Gasteiger charge is 2.17. The summed E-state index contributed by atoms with van der Waals surface area (Å²) in [5.41, 5.74) is 3.27. The van der Waals surface area contributed by atoms with Crippen molar-refractivity contribution in [3.63, 3.8) is 0 Å². The average molecular weight is 362 g/mol. The van der Waals surface area contributed by atoms with E-state index in [1.54, 1.807) is 24.7 Å². The van der Waals surface area contributed by atoms with Crippen molar-refractivity contribution in [1.29, 1.82) is 5.26 Å². The molecule has 0 saturated carbocycles. The smallest absolute Gasteiger partial charge is 0.268 e. The largest absolute Gasteiger partial charge is 0.394 e. The molecule has 3 aromatic rings. The van der Waals surface area contributed by atoms with Gasteiger partial charge in [0.1, 0.15) is 5.69 Å². The van der Waals surface area contributed by atoms with Crippen molar-refractivity contribution < 1.29 is 9.90 Å². The lowest BCUT2D eigenvalue weighted by molar-refractivity contribution is 0.0912. The van der Waals surface area contributed by atoms with Crippen LogP contribution >= 0.6 is 0 Å². The van der Waals surface area contributed by atoms with Crippen molar-refractivity contribution >= 4 is 11.9 Å². The molecule has 27 heavy (non-hydrogen) atoms. The Balaban J connectivity index is 1.80. The lowest BCUT2D eigenvalue weighted by atomic mass is 10.1. The summed E-state index contributed by atoms with van der Waals surface area (Å²) in [6.45, 7) is 1.63. The number of rotatable bonds is 6. The van der Waals surface area contributed by atoms with Gasteiger partial charge in [-0.15, -0.1) is 0 Å². The number of aryl methyl sites for hydroxylation is 1. The summed E-state index contributed by atoms with van der Waals surface area (Å²) in [6.07, 6.45) is 5.05. The molecule has 0 aliphatic rings. The van der Waals surface area contributed by atoms with E-state index in [1.165, 1.54) is 0 Å². The molecule has 0 aliphatic heterocycles. The second-order valence-corrected chi connectivity index (χ2v) is 5.88. The minimum Gasteiger partial charge on any atom is -0.394 e. The van der Waals surface area contributed by atoms with E-state index in [2.05, 4.69) is 25.6 Å². The van der Waals surface area contributed by atoms with Crippen LogP contribution in [0.3, 0.4) is 0 Å². The molecule has 2 heterocycles. The molecular weight excluding hydrogens is 344 g/mol. The van der Waals surface area contributed by atoms with Gasteiger partial charge < -0.3 is 15.4 Å². The van der Waals surface area contributed by atoms with Crippen molar-refractivity contribution in [2.24, 2.45) is 0 Å². The van der Waals surface area contributed by atoms with E-state index in [9.17, 15) is 9.90 Å². The number of carbonyl (C=O) groups is 1. The topological polar surface area (TPSA) is 127 Å². The Hall–Kier alpha value is -3.70. The monoisotopic (exact) mass is 362 g/mol. The van der Waals surface area contributed by atoms with Crippen LogP contribution in [0, 0.1) is 18.4 Å². The molecule has 1 aromatic carbocycles. The summed E-state index contributed by atoms with van der Waals surface area (Å²) >= 11 is 0. The molecule has 136 valence electrons. The van der Waals surface area contributed by atoms with Gasteiger partial charge in [-0.2, -0.15) is 5.26 Å². The average Bonchev–Trinajstić information content (AvgIpc) is 3.18. The zero-order valence-corrected chi connectivity index (χ0v) is 14.6. The van der Waals surface area contributed by atoms with Crippen LogP contribution in [0.1, 0.15) is 27.7 Å². The fraction of sp³-hybridized carbons (Fsp3) is 0.158. The van der Waals surface area contributed by atoms with E-state index in [0.717, 1.165) is 11.1 Å². The molecule has 1 amide bonds. The molecule has 3 rings (SSSR count). The lowest BCUT2D eigenvalue weighted by Gasteiger charge is -2.16. The SMILES string of the molecule is Cc1cnc(NC#N)nc1-c1c[nH]c(C(=O)NC(CO)c2ccccc2)c1. The number of benzene rings is 1. The molecule has 8 heteroatoms. The van der Waals surface area contributed by atoms with Crippen LogP contribution in [0.4, 0.5) is 5.95 Å². The van der Waals surface area contributed by atoms with E-state index >= 15 is 0 Å². The first-order valence-electron chi connectivity index (χ1n) is 8.26. The van der Waals surface area contributed by atoms with Crippen molar-refractivity contribution in [3.8, 4) is 17.5 Å². The third kappa shape index (κ3) is 4.11. The Morgan fingerprint density at radius 3 is 2.85 bits per heavy atom. The Labute approximate surface area is 155 Å². The minimum absolute atomic E-state index is 0.190. The second-order valence-electron chi connectivity index (χ2n) is 5.88. The molecule has 0 bridgehead atoms. The van der Waals surface area contributed by atoms with Crippen molar-refractivity contribution in [3.05, 3.63) is 65.6 Å². The predicted molar refractivity (Wildman–Crippen MR) is 99.5 cm³/mol. The summed E-state index contributed by atoms with van der Waals surface area (Å²) in [5, 5.41) is 23.5. The number of nitrogens with one attached hydrogen (secondary N) is 3. The molecule has 0 radical (unpaired) electrons. The van der Waals surface area contributed by atoms with Gasteiger partial charge in [0.25, 0.3) is 5.91 Å². The summed E-state index contributed by atoms with van der Waals surface area (Å²) in [4.78, 5) is 23.8. The van der Waals surface area contributed by atoms with Gasteiger partial charge in [-0.05, 0) is 24.1 Å². The lowest BCUT2D eigenvalue weighted by Crippen LogP contribution is -2.30. The predicted octanol–water partition coefficient (Wildman–Crippen LogP) is 2.14. The minimum atomic E-state index is -0.502. The highest BCUT2D eigenvalue weighted by Crippen LogP contribution is 2.23. The Kier molecular flexibility index (Phi) is 5.44. The van der Waals surface area contributed by atoms with Crippen molar-refractivity contribution in [2.45, 2.75) is 13.0 Å². The van der Waals surface area contributed by atoms with Gasteiger partial charge in [0.05, 0.1) is 18.3 Å². The number of hydrogen-bond acceptors (Lipinski definition) is 6. The van der Waals surface area contributed by atoms with Crippen LogP contribution in [0.2, 0.25) is 0 Å². The van der Waals surface area contributed by atoms with Gasteiger partial charge in [-0.25, -0.2) is 9.97 Å². The number of anilines is 1. The summed E-state index contributed by atoms with van der Waals surface area (Å²) in [6, 6.07) is 10.4. The molecular formula is C19H18N6O2. The number of amides is 1. The van der Waals surface area contributed by atoms with Gasteiger partial charge >= 0.3 is 0 Å². The van der Waals surface area contributed by atoms with E-state index in [4.69, 9.17) is 5.26 Å². The zero-order valence-electron chi connectivity index (χ0n) is 14.6. The normalized spacial score (nSPS) is 11.4. The highest BCUT2D eigenvalue weighted by molar-refractivity contribution is 5.94. The fourth-order valence-corrected chi connectivity index (χ4v) is 2.66. The number of aliphatic hydroxyl groups is 1. The van der Waals surface area contributed by atoms with Crippen LogP contribution < -0.4 is 10.6 Å². The maximum Gasteiger partial charge on any atom is 0.268 e. The number of carbonyl (C=O) groups excluding carboxylic acids is 1. The third-order valence-corrected chi connectivity index (χ3v) is 4.03. The Morgan fingerprint density at radius 1 is 1.37 bits per heavy atom. The quantitative estimate of drug-likeness (QED) is 0.393. The van der Waals surface area contributed by atoms with E-state index in [1.807, 2.05) is 37.3 Å². The van der Waals surface area contributed by atoms with Gasteiger partial charge in [0, 0.05) is 18.0 Å². The first-order chi connectivity index (χ1) is 13.1. The molecule has 0 saturated heterocycles. The fourth-order valence-electron chi connectivity index (χ4n) is 2.66. The summed E-state index contributed by atoms with van der Waals surface area (Å²) < 4.78 is 0. The van der Waals surface area contributed by atoms with Gasteiger partial charge in [-0.1, -0.05) is 30.3 Å². The molecule has 0 spiro atoms. The molecule has 1 unspecified atom stereocenters. The number of hydrogen-bond donors (Lipinski definition) is 4. The number of aromatic nitrogens is 3. The molecule has 1 atom stereocenters. The van der Waals surface area contributed by atoms with Gasteiger partial charge in [0.15, 0.2) is 6.19 Å². The van der Waals surface area contributed by atoms with Crippen LogP contribution in [-0.2, 0) is 0 Å².